The third-order valence-corrected chi connectivity index (χ3v) is 3.31. The minimum Gasteiger partial charge on any atom is -0.496 e. The molecule has 0 aliphatic heterocycles. The van der Waals surface area contributed by atoms with Gasteiger partial charge in [-0.25, -0.2) is 0 Å². The van der Waals surface area contributed by atoms with Crippen molar-refractivity contribution in [3.05, 3.63) is 58.1 Å². The van der Waals surface area contributed by atoms with Crippen LogP contribution in [0, 0.1) is 0 Å². The first-order valence-electron chi connectivity index (χ1n) is 6.26. The quantitative estimate of drug-likeness (QED) is 0.772. The summed E-state index contributed by atoms with van der Waals surface area (Å²) in [6, 6.07) is 12.5. The topological polar surface area (TPSA) is 35.5 Å². The van der Waals surface area contributed by atoms with Gasteiger partial charge in [-0.2, -0.15) is 0 Å². The summed E-state index contributed by atoms with van der Waals surface area (Å²) < 4.78 is 11.6. The zero-order valence-corrected chi connectivity index (χ0v) is 12.9. The minimum atomic E-state index is -0.0871. The summed E-state index contributed by atoms with van der Waals surface area (Å²) in [5, 5.41) is 0. The van der Waals surface area contributed by atoms with Crippen molar-refractivity contribution >= 4 is 21.7 Å². The Kier molecular flexibility index (Phi) is 4.79. The fourth-order valence-corrected chi connectivity index (χ4v) is 2.24. The van der Waals surface area contributed by atoms with Gasteiger partial charge in [-0.05, 0) is 37.3 Å². The Morgan fingerprint density at radius 3 is 2.70 bits per heavy atom. The number of hydrogen-bond acceptors (Lipinski definition) is 3. The van der Waals surface area contributed by atoms with Gasteiger partial charge < -0.3 is 9.47 Å². The first kappa shape index (κ1) is 14.6. The average Bonchev–Trinajstić information content (AvgIpc) is 2.47. The van der Waals surface area contributed by atoms with Crippen LogP contribution >= 0.6 is 15.9 Å². The van der Waals surface area contributed by atoms with Crippen molar-refractivity contribution in [1.82, 2.24) is 0 Å². The second-order valence-corrected chi connectivity index (χ2v) is 5.05. The molecule has 3 nitrogen and oxygen atoms in total. The number of hydrogen-bond donors (Lipinski definition) is 0. The highest BCUT2D eigenvalue weighted by Crippen LogP contribution is 2.26. The van der Waals surface area contributed by atoms with Crippen molar-refractivity contribution in [3.63, 3.8) is 0 Å². The smallest absolute Gasteiger partial charge is 0.196 e. The molecule has 2 aromatic carbocycles. The fraction of sp³-hybridized carbons (Fsp3) is 0.188. The molecular formula is C16H15BrO3. The van der Waals surface area contributed by atoms with Crippen molar-refractivity contribution in [2.75, 3.05) is 13.7 Å². The molecule has 0 spiro atoms. The maximum atomic E-state index is 12.5. The highest BCUT2D eigenvalue weighted by atomic mass is 79.9. The van der Waals surface area contributed by atoms with E-state index in [1.807, 2.05) is 25.1 Å². The van der Waals surface area contributed by atoms with Crippen LogP contribution in [0.5, 0.6) is 11.5 Å². The molecule has 0 aliphatic carbocycles. The van der Waals surface area contributed by atoms with Crippen molar-refractivity contribution in [2.24, 2.45) is 0 Å². The van der Waals surface area contributed by atoms with Crippen molar-refractivity contribution in [3.8, 4) is 11.5 Å². The summed E-state index contributed by atoms with van der Waals surface area (Å²) in [6.45, 7) is 2.48. The second-order valence-electron chi connectivity index (χ2n) is 4.13. The molecule has 0 fully saturated rings. The van der Waals surface area contributed by atoms with Gasteiger partial charge in [0.15, 0.2) is 5.78 Å². The van der Waals surface area contributed by atoms with Gasteiger partial charge in [0.05, 0.1) is 19.3 Å². The van der Waals surface area contributed by atoms with E-state index >= 15 is 0 Å². The molecule has 0 saturated heterocycles. The van der Waals surface area contributed by atoms with Crippen LogP contribution < -0.4 is 9.47 Å². The summed E-state index contributed by atoms with van der Waals surface area (Å²) in [6.07, 6.45) is 0. The van der Waals surface area contributed by atoms with Crippen LogP contribution in [0.15, 0.2) is 46.9 Å². The molecule has 20 heavy (non-hydrogen) atoms. The number of methoxy groups -OCH3 is 1. The Morgan fingerprint density at radius 2 is 2.00 bits per heavy atom. The van der Waals surface area contributed by atoms with Gasteiger partial charge in [-0.15, -0.1) is 0 Å². The minimum absolute atomic E-state index is 0.0871. The standard InChI is InChI=1S/C16H15BrO3/c1-3-20-13-6-4-5-11(9-13)16(18)14-8-7-12(17)10-15(14)19-2/h4-10H,3H2,1-2H3. The predicted molar refractivity (Wildman–Crippen MR) is 81.7 cm³/mol. The summed E-state index contributed by atoms with van der Waals surface area (Å²) in [5.74, 6) is 1.15. The number of carbonyl (C=O) groups is 1. The second kappa shape index (κ2) is 6.57. The third-order valence-electron chi connectivity index (χ3n) is 2.82. The molecule has 0 saturated carbocycles. The van der Waals surface area contributed by atoms with E-state index in [0.29, 0.717) is 29.2 Å². The van der Waals surface area contributed by atoms with Crippen molar-refractivity contribution in [2.45, 2.75) is 6.92 Å². The first-order chi connectivity index (χ1) is 9.65. The molecule has 0 amide bonds. The lowest BCUT2D eigenvalue weighted by Crippen LogP contribution is -2.04. The number of ether oxygens (including phenoxy) is 2. The van der Waals surface area contributed by atoms with Crippen LogP contribution in [0.1, 0.15) is 22.8 Å². The SMILES string of the molecule is CCOc1cccc(C(=O)c2ccc(Br)cc2OC)c1. The highest BCUT2D eigenvalue weighted by Gasteiger charge is 2.15. The van der Waals surface area contributed by atoms with Crippen LogP contribution in [0.4, 0.5) is 0 Å². The maximum absolute atomic E-state index is 12.5. The van der Waals surface area contributed by atoms with Crippen molar-refractivity contribution in [1.29, 1.82) is 0 Å². The number of halogens is 1. The van der Waals surface area contributed by atoms with Gasteiger partial charge in [0, 0.05) is 10.0 Å². The van der Waals surface area contributed by atoms with E-state index in [0.717, 1.165) is 4.47 Å². The number of ketones is 1. The van der Waals surface area contributed by atoms with Gasteiger partial charge >= 0.3 is 0 Å². The zero-order valence-electron chi connectivity index (χ0n) is 11.4. The van der Waals surface area contributed by atoms with E-state index in [1.165, 1.54) is 0 Å². The van der Waals surface area contributed by atoms with E-state index in [1.54, 1.807) is 31.4 Å². The molecule has 0 aromatic heterocycles. The van der Waals surface area contributed by atoms with Crippen LogP contribution in [0.2, 0.25) is 0 Å². The van der Waals surface area contributed by atoms with Crippen LogP contribution in [0.3, 0.4) is 0 Å². The van der Waals surface area contributed by atoms with E-state index in [-0.39, 0.29) is 5.78 Å². The molecule has 104 valence electrons. The lowest BCUT2D eigenvalue weighted by atomic mass is 10.0. The van der Waals surface area contributed by atoms with E-state index in [2.05, 4.69) is 15.9 Å². The van der Waals surface area contributed by atoms with Gasteiger partial charge in [0.25, 0.3) is 0 Å². The Hall–Kier alpha value is -1.81. The molecule has 0 atom stereocenters. The summed E-state index contributed by atoms with van der Waals surface area (Å²) >= 11 is 3.36. The Bertz CT molecular complexity index is 623. The molecular weight excluding hydrogens is 320 g/mol. The van der Waals surface area contributed by atoms with E-state index in [4.69, 9.17) is 9.47 Å². The molecule has 2 aromatic rings. The van der Waals surface area contributed by atoms with Crippen LogP contribution in [0.25, 0.3) is 0 Å². The molecule has 2 rings (SSSR count). The number of benzene rings is 2. The maximum Gasteiger partial charge on any atom is 0.196 e. The molecule has 0 bridgehead atoms. The van der Waals surface area contributed by atoms with Gasteiger partial charge in [0.2, 0.25) is 0 Å². The summed E-state index contributed by atoms with van der Waals surface area (Å²) in [5.41, 5.74) is 1.11. The van der Waals surface area contributed by atoms with Gasteiger partial charge in [-0.1, -0.05) is 28.1 Å². The predicted octanol–water partition coefficient (Wildman–Crippen LogP) is 4.09. The summed E-state index contributed by atoms with van der Waals surface area (Å²) in [7, 11) is 1.55. The largest absolute Gasteiger partial charge is 0.496 e. The van der Waals surface area contributed by atoms with Crippen LogP contribution in [-0.4, -0.2) is 19.5 Å². The number of carbonyl (C=O) groups excluding carboxylic acids is 1. The Balaban J connectivity index is 2.38. The molecule has 0 N–H and O–H groups in total. The lowest BCUT2D eigenvalue weighted by molar-refractivity contribution is 0.103. The number of rotatable bonds is 5. The monoisotopic (exact) mass is 334 g/mol. The first-order valence-corrected chi connectivity index (χ1v) is 7.06. The Morgan fingerprint density at radius 1 is 1.20 bits per heavy atom. The fourth-order valence-electron chi connectivity index (χ4n) is 1.90. The van der Waals surface area contributed by atoms with E-state index in [9.17, 15) is 4.79 Å². The molecule has 4 heteroatoms. The third kappa shape index (κ3) is 3.20. The molecule has 0 heterocycles. The zero-order chi connectivity index (χ0) is 14.5. The van der Waals surface area contributed by atoms with Gasteiger partial charge in [0.1, 0.15) is 11.5 Å². The lowest BCUT2D eigenvalue weighted by Gasteiger charge is -2.09. The highest BCUT2D eigenvalue weighted by molar-refractivity contribution is 9.10. The normalized spacial score (nSPS) is 10.2. The molecule has 0 radical (unpaired) electrons. The van der Waals surface area contributed by atoms with Crippen LogP contribution in [-0.2, 0) is 0 Å². The summed E-state index contributed by atoms with van der Waals surface area (Å²) in [4.78, 5) is 12.5. The molecule has 0 aliphatic rings. The Labute approximate surface area is 126 Å². The van der Waals surface area contributed by atoms with Crippen molar-refractivity contribution < 1.29 is 14.3 Å². The van der Waals surface area contributed by atoms with E-state index < -0.39 is 0 Å². The average molecular weight is 335 g/mol. The van der Waals surface area contributed by atoms with Gasteiger partial charge in [-0.3, -0.25) is 4.79 Å². The molecule has 0 unspecified atom stereocenters.